The number of aryl methyl sites for hydroxylation is 2. The molecule has 2 amide bonds. The van der Waals surface area contributed by atoms with Crippen molar-refractivity contribution in [1.29, 1.82) is 0 Å². The number of anilines is 1. The van der Waals surface area contributed by atoms with E-state index in [2.05, 4.69) is 47.2 Å². The summed E-state index contributed by atoms with van der Waals surface area (Å²) in [4.78, 5) is 23.9. The second-order valence-corrected chi connectivity index (χ2v) is 7.54. The zero-order valence-corrected chi connectivity index (χ0v) is 18.3. The van der Waals surface area contributed by atoms with Crippen LogP contribution >= 0.6 is 0 Å². The van der Waals surface area contributed by atoms with Crippen molar-refractivity contribution < 1.29 is 14.3 Å². The fraction of sp³-hybridized carbons (Fsp3) is 0.280. The number of amides is 2. The molecule has 0 aliphatic carbocycles. The van der Waals surface area contributed by atoms with Gasteiger partial charge in [-0.15, -0.1) is 0 Å². The van der Waals surface area contributed by atoms with Gasteiger partial charge in [0.25, 0.3) is 0 Å². The molecule has 0 unspecified atom stereocenters. The zero-order chi connectivity index (χ0) is 22.2. The topological polar surface area (TPSA) is 72.4 Å². The zero-order valence-electron chi connectivity index (χ0n) is 18.3. The molecular formula is C25H29N3O3. The summed E-state index contributed by atoms with van der Waals surface area (Å²) in [6, 6.07) is 17.3. The van der Waals surface area contributed by atoms with Crippen LogP contribution in [0.4, 0.5) is 10.5 Å². The standard InChI is InChI=1S/C25H29N3O3/c1-4-31-24(29)15-20-9-11-22(12-10-20)27-25(30)26-16-23-6-5-13-28(23)17-21-14-18(2)7-8-19(21)3/h5-14H,4,15-17H2,1-3H3,(H2,26,27,30). The number of urea groups is 1. The Labute approximate surface area is 183 Å². The van der Waals surface area contributed by atoms with E-state index >= 15 is 0 Å². The maximum atomic E-state index is 12.3. The highest BCUT2D eigenvalue weighted by atomic mass is 16.5. The van der Waals surface area contributed by atoms with Crippen LogP contribution in [0.3, 0.4) is 0 Å². The van der Waals surface area contributed by atoms with Gasteiger partial charge in [-0.3, -0.25) is 4.79 Å². The normalized spacial score (nSPS) is 10.5. The van der Waals surface area contributed by atoms with Gasteiger partial charge in [0.05, 0.1) is 19.6 Å². The molecule has 0 fully saturated rings. The quantitative estimate of drug-likeness (QED) is 0.525. The monoisotopic (exact) mass is 419 g/mol. The van der Waals surface area contributed by atoms with E-state index in [1.807, 2.05) is 30.5 Å². The summed E-state index contributed by atoms with van der Waals surface area (Å²) in [5.41, 5.74) is 6.29. The summed E-state index contributed by atoms with van der Waals surface area (Å²) in [5, 5.41) is 5.72. The molecule has 0 spiro atoms. The van der Waals surface area contributed by atoms with Crippen molar-refractivity contribution in [2.75, 3.05) is 11.9 Å². The molecule has 0 saturated carbocycles. The summed E-state index contributed by atoms with van der Waals surface area (Å²) in [5.74, 6) is -0.259. The Kier molecular flexibility index (Phi) is 7.49. The number of carbonyl (C=O) groups excluding carboxylic acids is 2. The third kappa shape index (κ3) is 6.47. The SMILES string of the molecule is CCOC(=O)Cc1ccc(NC(=O)NCc2cccn2Cc2cc(C)ccc2C)cc1. The van der Waals surface area contributed by atoms with Gasteiger partial charge < -0.3 is 19.9 Å². The van der Waals surface area contributed by atoms with Crippen LogP contribution in [-0.4, -0.2) is 23.2 Å². The Bertz CT molecular complexity index is 1040. The second-order valence-electron chi connectivity index (χ2n) is 7.54. The summed E-state index contributed by atoms with van der Waals surface area (Å²) >= 11 is 0. The van der Waals surface area contributed by atoms with Gasteiger partial charge in [-0.05, 0) is 61.7 Å². The van der Waals surface area contributed by atoms with Gasteiger partial charge >= 0.3 is 12.0 Å². The van der Waals surface area contributed by atoms with Crippen LogP contribution in [0.25, 0.3) is 0 Å². The van der Waals surface area contributed by atoms with Gasteiger partial charge in [-0.25, -0.2) is 4.79 Å². The maximum absolute atomic E-state index is 12.3. The van der Waals surface area contributed by atoms with E-state index in [-0.39, 0.29) is 18.4 Å². The molecule has 162 valence electrons. The first kappa shape index (κ1) is 22.2. The van der Waals surface area contributed by atoms with E-state index in [1.165, 1.54) is 16.7 Å². The number of ether oxygens (including phenoxy) is 1. The maximum Gasteiger partial charge on any atom is 0.319 e. The Balaban J connectivity index is 1.53. The molecule has 31 heavy (non-hydrogen) atoms. The smallest absolute Gasteiger partial charge is 0.319 e. The molecule has 0 atom stereocenters. The third-order valence-corrected chi connectivity index (χ3v) is 5.06. The highest BCUT2D eigenvalue weighted by Crippen LogP contribution is 2.15. The van der Waals surface area contributed by atoms with Gasteiger partial charge in [0, 0.05) is 24.1 Å². The number of nitrogens with one attached hydrogen (secondary N) is 2. The number of esters is 1. The Hall–Kier alpha value is -3.54. The lowest BCUT2D eigenvalue weighted by atomic mass is 10.1. The number of nitrogens with zero attached hydrogens (tertiary/aromatic N) is 1. The minimum Gasteiger partial charge on any atom is -0.466 e. The largest absolute Gasteiger partial charge is 0.466 e. The van der Waals surface area contributed by atoms with Crippen molar-refractivity contribution in [1.82, 2.24) is 9.88 Å². The minimum absolute atomic E-state index is 0.220. The van der Waals surface area contributed by atoms with Crippen LogP contribution in [0.2, 0.25) is 0 Å². The Morgan fingerprint density at radius 3 is 2.55 bits per heavy atom. The number of aromatic nitrogens is 1. The molecular weight excluding hydrogens is 390 g/mol. The van der Waals surface area contributed by atoms with E-state index in [9.17, 15) is 9.59 Å². The number of benzene rings is 2. The molecule has 0 saturated heterocycles. The molecule has 1 aromatic heterocycles. The van der Waals surface area contributed by atoms with Crippen molar-refractivity contribution in [3.05, 3.63) is 88.7 Å². The molecule has 0 bridgehead atoms. The van der Waals surface area contributed by atoms with E-state index in [4.69, 9.17) is 4.74 Å². The number of hydrogen-bond donors (Lipinski definition) is 2. The van der Waals surface area contributed by atoms with Crippen LogP contribution in [0.15, 0.2) is 60.8 Å². The van der Waals surface area contributed by atoms with Crippen molar-refractivity contribution in [2.24, 2.45) is 0 Å². The van der Waals surface area contributed by atoms with Crippen molar-refractivity contribution in [3.63, 3.8) is 0 Å². The minimum atomic E-state index is -0.280. The first-order chi connectivity index (χ1) is 14.9. The van der Waals surface area contributed by atoms with Crippen LogP contribution < -0.4 is 10.6 Å². The molecule has 1 heterocycles. The van der Waals surface area contributed by atoms with Gasteiger partial charge in [0.1, 0.15) is 0 Å². The van der Waals surface area contributed by atoms with E-state index in [0.29, 0.717) is 18.8 Å². The van der Waals surface area contributed by atoms with Crippen LogP contribution in [0, 0.1) is 13.8 Å². The molecule has 0 radical (unpaired) electrons. The summed E-state index contributed by atoms with van der Waals surface area (Å²) in [6.07, 6.45) is 2.25. The number of hydrogen-bond acceptors (Lipinski definition) is 3. The van der Waals surface area contributed by atoms with Gasteiger partial charge in [0.15, 0.2) is 0 Å². The number of carbonyl (C=O) groups is 2. The average Bonchev–Trinajstić information content (AvgIpc) is 3.18. The highest BCUT2D eigenvalue weighted by molar-refractivity contribution is 5.89. The van der Waals surface area contributed by atoms with E-state index in [1.54, 1.807) is 19.1 Å². The molecule has 3 rings (SSSR count). The van der Waals surface area contributed by atoms with E-state index < -0.39 is 0 Å². The molecule has 6 nitrogen and oxygen atoms in total. The van der Waals surface area contributed by atoms with E-state index in [0.717, 1.165) is 17.8 Å². The van der Waals surface area contributed by atoms with Crippen molar-refractivity contribution in [3.8, 4) is 0 Å². The first-order valence-electron chi connectivity index (χ1n) is 10.4. The molecule has 2 N–H and O–H groups in total. The first-order valence-corrected chi connectivity index (χ1v) is 10.4. The van der Waals surface area contributed by atoms with Gasteiger partial charge in [-0.2, -0.15) is 0 Å². The Morgan fingerprint density at radius 2 is 1.81 bits per heavy atom. The van der Waals surface area contributed by atoms with Crippen LogP contribution in [-0.2, 0) is 29.0 Å². The van der Waals surface area contributed by atoms with Gasteiger partial charge in [0.2, 0.25) is 0 Å². The lowest BCUT2D eigenvalue weighted by Gasteiger charge is -2.13. The predicted molar refractivity (Wildman–Crippen MR) is 122 cm³/mol. The second kappa shape index (κ2) is 10.5. The predicted octanol–water partition coefficient (Wildman–Crippen LogP) is 4.58. The van der Waals surface area contributed by atoms with Gasteiger partial charge in [-0.1, -0.05) is 35.9 Å². The lowest BCUT2D eigenvalue weighted by molar-refractivity contribution is -0.142. The fourth-order valence-corrected chi connectivity index (χ4v) is 3.35. The fourth-order valence-electron chi connectivity index (χ4n) is 3.35. The summed E-state index contributed by atoms with van der Waals surface area (Å²) in [6.45, 7) is 7.54. The molecule has 3 aromatic rings. The average molecular weight is 420 g/mol. The molecule has 6 heteroatoms. The van der Waals surface area contributed by atoms with Crippen molar-refractivity contribution in [2.45, 2.75) is 40.3 Å². The van der Waals surface area contributed by atoms with Crippen molar-refractivity contribution >= 4 is 17.7 Å². The molecule has 0 aliphatic rings. The third-order valence-electron chi connectivity index (χ3n) is 5.06. The summed E-state index contributed by atoms with van der Waals surface area (Å²) in [7, 11) is 0. The van der Waals surface area contributed by atoms with Crippen LogP contribution in [0.1, 0.15) is 34.9 Å². The Morgan fingerprint density at radius 1 is 1.03 bits per heavy atom. The number of rotatable bonds is 8. The molecule has 2 aromatic carbocycles. The lowest BCUT2D eigenvalue weighted by Crippen LogP contribution is -2.29. The summed E-state index contributed by atoms with van der Waals surface area (Å²) < 4.78 is 7.09. The highest BCUT2D eigenvalue weighted by Gasteiger charge is 2.08. The van der Waals surface area contributed by atoms with Crippen LogP contribution in [0.5, 0.6) is 0 Å². The molecule has 0 aliphatic heterocycles.